The van der Waals surface area contributed by atoms with E-state index in [2.05, 4.69) is 34.4 Å². The number of aryl methyl sites for hydroxylation is 1. The summed E-state index contributed by atoms with van der Waals surface area (Å²) in [5, 5.41) is 5.71. The van der Waals surface area contributed by atoms with Gasteiger partial charge < -0.3 is 10.6 Å². The Hall–Kier alpha value is -2.50. The summed E-state index contributed by atoms with van der Waals surface area (Å²) in [4.78, 5) is 20.6. The molecule has 1 heterocycles. The van der Waals surface area contributed by atoms with E-state index >= 15 is 0 Å². The number of nitrogens with one attached hydrogen (secondary N) is 2. The molecule has 1 aromatic heterocycles. The van der Waals surface area contributed by atoms with Gasteiger partial charge in [-0.3, -0.25) is 4.79 Å². The minimum absolute atomic E-state index is 0.128. The number of carbonyl (C=O) groups excluding carboxylic acids is 1. The fourth-order valence-electron chi connectivity index (χ4n) is 2.01. The highest BCUT2D eigenvalue weighted by atomic mass is 19.1. The molecule has 0 saturated carbocycles. The Bertz CT molecular complexity index is 688. The second-order valence-corrected chi connectivity index (χ2v) is 5.73. The Morgan fingerprint density at radius 3 is 2.70 bits per heavy atom. The van der Waals surface area contributed by atoms with E-state index in [0.717, 1.165) is 13.0 Å². The Kier molecular flexibility index (Phi) is 5.62. The van der Waals surface area contributed by atoms with Crippen LogP contribution in [0.15, 0.2) is 30.3 Å². The van der Waals surface area contributed by atoms with E-state index < -0.39 is 11.7 Å². The summed E-state index contributed by atoms with van der Waals surface area (Å²) >= 11 is 0. The van der Waals surface area contributed by atoms with Crippen LogP contribution in [0.5, 0.6) is 0 Å². The lowest BCUT2D eigenvalue weighted by Gasteiger charge is -2.10. The predicted molar refractivity (Wildman–Crippen MR) is 89.1 cm³/mol. The normalized spacial score (nSPS) is 10.7. The van der Waals surface area contributed by atoms with Crippen molar-refractivity contribution in [1.29, 1.82) is 0 Å². The van der Waals surface area contributed by atoms with Gasteiger partial charge in [0.25, 0.3) is 5.91 Å². The van der Waals surface area contributed by atoms with Crippen molar-refractivity contribution < 1.29 is 9.18 Å². The first-order chi connectivity index (χ1) is 11.0. The summed E-state index contributed by atoms with van der Waals surface area (Å²) in [6.45, 7) is 6.76. The van der Waals surface area contributed by atoms with Crippen LogP contribution in [0.25, 0.3) is 0 Å². The Morgan fingerprint density at radius 1 is 1.26 bits per heavy atom. The molecular formula is C17H21FN4O. The number of benzene rings is 1. The molecule has 1 amide bonds. The summed E-state index contributed by atoms with van der Waals surface area (Å²) in [6.07, 6.45) is 1.000. The quantitative estimate of drug-likeness (QED) is 0.854. The zero-order valence-corrected chi connectivity index (χ0v) is 13.6. The number of hydrogen-bond acceptors (Lipinski definition) is 4. The average Bonchev–Trinajstić information content (AvgIpc) is 2.48. The summed E-state index contributed by atoms with van der Waals surface area (Å²) in [5.74, 6) is 0.707. The van der Waals surface area contributed by atoms with Gasteiger partial charge in [0.05, 0.1) is 5.69 Å². The van der Waals surface area contributed by atoms with Gasteiger partial charge in [-0.05, 0) is 31.4 Å². The van der Waals surface area contributed by atoms with Crippen LogP contribution in [0, 0.1) is 18.7 Å². The molecule has 2 rings (SSSR count). The fraction of sp³-hybridized carbons (Fsp3) is 0.353. The van der Waals surface area contributed by atoms with Gasteiger partial charge in [-0.2, -0.15) is 0 Å². The molecule has 0 fully saturated rings. The fourth-order valence-corrected chi connectivity index (χ4v) is 2.01. The number of amides is 1. The van der Waals surface area contributed by atoms with E-state index in [9.17, 15) is 9.18 Å². The molecule has 1 aromatic carbocycles. The molecule has 122 valence electrons. The van der Waals surface area contributed by atoms with E-state index in [1.54, 1.807) is 25.1 Å². The molecule has 2 N–H and O–H groups in total. The van der Waals surface area contributed by atoms with E-state index in [-0.39, 0.29) is 11.4 Å². The highest BCUT2D eigenvalue weighted by molar-refractivity contribution is 6.03. The van der Waals surface area contributed by atoms with Gasteiger partial charge in [-0.15, -0.1) is 0 Å². The number of rotatable bonds is 6. The van der Waals surface area contributed by atoms with E-state index in [1.807, 2.05) is 0 Å². The van der Waals surface area contributed by atoms with Gasteiger partial charge in [-0.25, -0.2) is 14.4 Å². The molecular weight excluding hydrogens is 295 g/mol. The molecule has 2 aromatic rings. The van der Waals surface area contributed by atoms with E-state index in [0.29, 0.717) is 17.6 Å². The van der Waals surface area contributed by atoms with Crippen molar-refractivity contribution in [3.63, 3.8) is 0 Å². The lowest BCUT2D eigenvalue weighted by Crippen LogP contribution is -2.17. The smallest absolute Gasteiger partial charge is 0.274 e. The standard InChI is InChI=1S/C17H21FN4O/c1-11(2)8-9-19-16-10-15(20-12(3)21-16)17(23)22-14-7-5-4-6-13(14)18/h4-7,10-11H,8-9H2,1-3H3,(H,22,23)(H,19,20,21). The molecule has 0 aliphatic heterocycles. The largest absolute Gasteiger partial charge is 0.370 e. The highest BCUT2D eigenvalue weighted by Crippen LogP contribution is 2.15. The number of hydrogen-bond donors (Lipinski definition) is 2. The average molecular weight is 316 g/mol. The van der Waals surface area contributed by atoms with E-state index in [1.165, 1.54) is 12.1 Å². The summed E-state index contributed by atoms with van der Waals surface area (Å²) in [5.41, 5.74) is 0.330. The molecule has 5 nitrogen and oxygen atoms in total. The second-order valence-electron chi connectivity index (χ2n) is 5.73. The topological polar surface area (TPSA) is 66.9 Å². The Balaban J connectivity index is 2.11. The molecule has 0 unspecified atom stereocenters. The minimum Gasteiger partial charge on any atom is -0.370 e. The van der Waals surface area contributed by atoms with Crippen LogP contribution in [-0.2, 0) is 0 Å². The van der Waals surface area contributed by atoms with Crippen LogP contribution in [0.1, 0.15) is 36.6 Å². The first-order valence-electron chi connectivity index (χ1n) is 7.61. The molecule has 23 heavy (non-hydrogen) atoms. The van der Waals surface area contributed by atoms with Crippen molar-refractivity contribution in [2.75, 3.05) is 17.2 Å². The van der Waals surface area contributed by atoms with Crippen molar-refractivity contribution in [3.05, 3.63) is 47.7 Å². The highest BCUT2D eigenvalue weighted by Gasteiger charge is 2.12. The van der Waals surface area contributed by atoms with Crippen molar-refractivity contribution in [3.8, 4) is 0 Å². The van der Waals surface area contributed by atoms with Gasteiger partial charge >= 0.3 is 0 Å². The van der Waals surface area contributed by atoms with Crippen molar-refractivity contribution in [1.82, 2.24) is 9.97 Å². The van der Waals surface area contributed by atoms with Crippen LogP contribution < -0.4 is 10.6 Å². The molecule has 0 bridgehead atoms. The van der Waals surface area contributed by atoms with Crippen LogP contribution in [-0.4, -0.2) is 22.4 Å². The monoisotopic (exact) mass is 316 g/mol. The molecule has 0 atom stereocenters. The Labute approximate surface area is 135 Å². The first kappa shape index (κ1) is 16.9. The van der Waals surface area contributed by atoms with Gasteiger partial charge in [0.15, 0.2) is 0 Å². The number of carbonyl (C=O) groups is 1. The molecule has 0 spiro atoms. The zero-order chi connectivity index (χ0) is 16.8. The van der Waals surface area contributed by atoms with Gasteiger partial charge in [0.2, 0.25) is 0 Å². The maximum atomic E-state index is 13.6. The molecule has 6 heteroatoms. The maximum Gasteiger partial charge on any atom is 0.274 e. The lowest BCUT2D eigenvalue weighted by atomic mass is 10.1. The van der Waals surface area contributed by atoms with Crippen LogP contribution in [0.2, 0.25) is 0 Å². The number of aromatic nitrogens is 2. The number of halogens is 1. The SMILES string of the molecule is Cc1nc(NCCC(C)C)cc(C(=O)Nc2ccccc2F)n1. The predicted octanol–water partition coefficient (Wildman–Crippen LogP) is 3.63. The molecule has 0 saturated heterocycles. The third kappa shape index (κ3) is 5.02. The molecule has 0 radical (unpaired) electrons. The number of anilines is 2. The summed E-state index contributed by atoms with van der Waals surface area (Å²) in [6, 6.07) is 7.59. The van der Waals surface area contributed by atoms with E-state index in [4.69, 9.17) is 0 Å². The second kappa shape index (κ2) is 7.67. The maximum absolute atomic E-state index is 13.6. The van der Waals surface area contributed by atoms with Gasteiger partial charge in [-0.1, -0.05) is 26.0 Å². The first-order valence-corrected chi connectivity index (χ1v) is 7.61. The third-order valence-electron chi connectivity index (χ3n) is 3.22. The van der Waals surface area contributed by atoms with Crippen LogP contribution in [0.4, 0.5) is 15.9 Å². The third-order valence-corrected chi connectivity index (χ3v) is 3.22. The van der Waals surface area contributed by atoms with Crippen molar-refractivity contribution in [2.45, 2.75) is 27.2 Å². The van der Waals surface area contributed by atoms with Crippen LogP contribution in [0.3, 0.4) is 0 Å². The van der Waals surface area contributed by atoms with Crippen molar-refractivity contribution >= 4 is 17.4 Å². The number of para-hydroxylation sites is 1. The van der Waals surface area contributed by atoms with Crippen LogP contribution >= 0.6 is 0 Å². The Morgan fingerprint density at radius 2 is 2.00 bits per heavy atom. The molecule has 0 aliphatic rings. The number of nitrogens with zero attached hydrogens (tertiary/aromatic N) is 2. The van der Waals surface area contributed by atoms with Gasteiger partial charge in [0, 0.05) is 12.6 Å². The zero-order valence-electron chi connectivity index (χ0n) is 13.6. The minimum atomic E-state index is -0.484. The van der Waals surface area contributed by atoms with Crippen molar-refractivity contribution in [2.24, 2.45) is 5.92 Å². The van der Waals surface area contributed by atoms with Gasteiger partial charge in [0.1, 0.15) is 23.2 Å². The summed E-state index contributed by atoms with van der Waals surface area (Å²) in [7, 11) is 0. The lowest BCUT2D eigenvalue weighted by molar-refractivity contribution is 0.102. The molecule has 0 aliphatic carbocycles. The summed E-state index contributed by atoms with van der Waals surface area (Å²) < 4.78 is 13.6.